The third-order valence-electron chi connectivity index (χ3n) is 2.65. The summed E-state index contributed by atoms with van der Waals surface area (Å²) in [7, 11) is 0. The van der Waals surface area contributed by atoms with Gasteiger partial charge in [-0.3, -0.25) is 9.48 Å². The highest BCUT2D eigenvalue weighted by Crippen LogP contribution is 2.22. The molecule has 0 fully saturated rings. The Balaban J connectivity index is 2.66. The number of nitrogens with one attached hydrogen (secondary N) is 1. The Morgan fingerprint density at radius 2 is 2.28 bits per heavy atom. The first-order chi connectivity index (χ1) is 8.51. The maximum Gasteiger partial charge on any atom is 0.247 e. The van der Waals surface area contributed by atoms with E-state index >= 15 is 0 Å². The van der Waals surface area contributed by atoms with Crippen LogP contribution in [0.1, 0.15) is 25.2 Å². The summed E-state index contributed by atoms with van der Waals surface area (Å²) in [5.41, 5.74) is 6.98. The van der Waals surface area contributed by atoms with Crippen molar-refractivity contribution in [3.63, 3.8) is 0 Å². The van der Waals surface area contributed by atoms with E-state index in [1.54, 1.807) is 0 Å². The maximum absolute atomic E-state index is 10.7. The Morgan fingerprint density at radius 3 is 2.78 bits per heavy atom. The summed E-state index contributed by atoms with van der Waals surface area (Å²) < 4.78 is 2.87. The van der Waals surface area contributed by atoms with Crippen LogP contribution in [-0.4, -0.2) is 33.4 Å². The minimum atomic E-state index is -1.16. The average molecular weight is 319 g/mol. The minimum absolute atomic E-state index is 0.137. The number of hydrogen-bond acceptors (Lipinski definition) is 4. The van der Waals surface area contributed by atoms with Crippen LogP contribution in [0.5, 0.6) is 0 Å². The molecule has 1 amide bonds. The molecule has 18 heavy (non-hydrogen) atoms. The molecule has 102 valence electrons. The molecule has 0 saturated heterocycles. The van der Waals surface area contributed by atoms with E-state index in [0.29, 0.717) is 6.54 Å². The number of aryl methyl sites for hydroxylation is 2. The molecule has 0 aromatic carbocycles. The smallest absolute Gasteiger partial charge is 0.247 e. The van der Waals surface area contributed by atoms with Gasteiger partial charge in [0.15, 0.2) is 0 Å². The number of halogens is 1. The maximum atomic E-state index is 10.7. The van der Waals surface area contributed by atoms with Crippen molar-refractivity contribution in [2.75, 3.05) is 6.54 Å². The number of nitrogens with two attached hydrogens (primary N) is 1. The van der Waals surface area contributed by atoms with Gasteiger partial charge in [0.1, 0.15) is 6.10 Å². The number of primary amides is 1. The monoisotopic (exact) mass is 318 g/mol. The zero-order chi connectivity index (χ0) is 13.7. The molecular formula is C11H19BrN4O2. The van der Waals surface area contributed by atoms with Crippen molar-refractivity contribution in [1.29, 1.82) is 0 Å². The van der Waals surface area contributed by atoms with E-state index in [1.165, 1.54) is 0 Å². The Labute approximate surface area is 115 Å². The summed E-state index contributed by atoms with van der Waals surface area (Å²) in [6.07, 6.45) is -0.308. The predicted molar refractivity (Wildman–Crippen MR) is 71.9 cm³/mol. The second-order valence-electron chi connectivity index (χ2n) is 3.93. The number of carbonyl (C=O) groups excluding carboxylic acids is 1. The molecule has 1 aromatic rings. The molecule has 0 spiro atoms. The van der Waals surface area contributed by atoms with E-state index in [9.17, 15) is 9.90 Å². The number of nitrogens with zero attached hydrogens (tertiary/aromatic N) is 2. The highest BCUT2D eigenvalue weighted by Gasteiger charge is 2.15. The molecule has 1 rings (SSSR count). The zero-order valence-electron chi connectivity index (χ0n) is 10.6. The van der Waals surface area contributed by atoms with E-state index in [1.807, 2.05) is 18.5 Å². The number of amides is 1. The van der Waals surface area contributed by atoms with Crippen LogP contribution in [0.25, 0.3) is 0 Å². The molecule has 1 atom stereocenters. The summed E-state index contributed by atoms with van der Waals surface area (Å²) in [5.74, 6) is -0.722. The molecule has 1 aromatic heterocycles. The Morgan fingerprint density at radius 1 is 1.61 bits per heavy atom. The quantitative estimate of drug-likeness (QED) is 0.668. The van der Waals surface area contributed by atoms with Gasteiger partial charge in [-0.05, 0) is 29.3 Å². The lowest BCUT2D eigenvalue weighted by Gasteiger charge is -2.09. The van der Waals surface area contributed by atoms with Gasteiger partial charge in [-0.2, -0.15) is 5.10 Å². The van der Waals surface area contributed by atoms with Crippen LogP contribution < -0.4 is 11.1 Å². The number of aliphatic hydroxyl groups is 1. The molecule has 0 bridgehead atoms. The molecule has 1 heterocycles. The number of rotatable bonds is 7. The Hall–Kier alpha value is -0.920. The fourth-order valence-electron chi connectivity index (χ4n) is 1.61. The lowest BCUT2D eigenvalue weighted by atomic mass is 10.3. The van der Waals surface area contributed by atoms with Crippen LogP contribution in [0.4, 0.5) is 0 Å². The standard InChI is InChI=1S/C11H19BrN4O2/c1-3-7-10(12)8(16(4-2)15-7)5-14-6-9(17)11(13)18/h9,14,17H,3-6H2,1-2H3,(H2,13,18). The normalized spacial score (nSPS) is 12.7. The van der Waals surface area contributed by atoms with Gasteiger partial charge < -0.3 is 16.2 Å². The predicted octanol–water partition coefficient (Wildman–Crippen LogP) is 0.164. The molecule has 4 N–H and O–H groups in total. The summed E-state index contributed by atoms with van der Waals surface area (Å²) in [6, 6.07) is 0. The van der Waals surface area contributed by atoms with Crippen molar-refractivity contribution in [3.05, 3.63) is 15.9 Å². The van der Waals surface area contributed by atoms with E-state index in [-0.39, 0.29) is 6.54 Å². The van der Waals surface area contributed by atoms with Gasteiger partial charge in [0.25, 0.3) is 0 Å². The molecule has 0 aliphatic rings. The van der Waals surface area contributed by atoms with E-state index < -0.39 is 12.0 Å². The van der Waals surface area contributed by atoms with Gasteiger partial charge in [-0.15, -0.1) is 0 Å². The van der Waals surface area contributed by atoms with E-state index in [4.69, 9.17) is 5.73 Å². The zero-order valence-corrected chi connectivity index (χ0v) is 12.2. The van der Waals surface area contributed by atoms with Crippen molar-refractivity contribution >= 4 is 21.8 Å². The first-order valence-corrected chi connectivity index (χ1v) is 6.72. The Bertz CT molecular complexity index is 419. The lowest BCUT2D eigenvalue weighted by Crippen LogP contribution is -2.37. The SMILES string of the molecule is CCc1nn(CC)c(CNCC(O)C(N)=O)c1Br. The van der Waals surface area contributed by atoms with Gasteiger partial charge >= 0.3 is 0 Å². The summed E-state index contributed by atoms with van der Waals surface area (Å²) in [4.78, 5) is 10.7. The number of carbonyl (C=O) groups is 1. The van der Waals surface area contributed by atoms with Gasteiger partial charge in [0, 0.05) is 19.6 Å². The van der Waals surface area contributed by atoms with E-state index in [2.05, 4.69) is 26.3 Å². The number of aliphatic hydroxyl groups excluding tert-OH is 1. The largest absolute Gasteiger partial charge is 0.382 e. The Kier molecular flexibility index (Phi) is 5.77. The second kappa shape index (κ2) is 6.86. The highest BCUT2D eigenvalue weighted by molar-refractivity contribution is 9.10. The van der Waals surface area contributed by atoms with Gasteiger partial charge in [0.2, 0.25) is 5.91 Å². The molecular weight excluding hydrogens is 300 g/mol. The number of aromatic nitrogens is 2. The van der Waals surface area contributed by atoms with Crippen LogP contribution in [0, 0.1) is 0 Å². The van der Waals surface area contributed by atoms with Crippen LogP contribution in [0.2, 0.25) is 0 Å². The summed E-state index contributed by atoms with van der Waals surface area (Å²) in [6.45, 7) is 5.49. The molecule has 7 heteroatoms. The van der Waals surface area contributed by atoms with Gasteiger partial charge in [0.05, 0.1) is 15.9 Å². The van der Waals surface area contributed by atoms with Crippen molar-refractivity contribution in [1.82, 2.24) is 15.1 Å². The summed E-state index contributed by atoms with van der Waals surface area (Å²) in [5, 5.41) is 16.7. The molecule has 0 aliphatic heterocycles. The van der Waals surface area contributed by atoms with Crippen LogP contribution in [0.15, 0.2) is 4.47 Å². The van der Waals surface area contributed by atoms with Crippen LogP contribution >= 0.6 is 15.9 Å². The minimum Gasteiger partial charge on any atom is -0.382 e. The van der Waals surface area contributed by atoms with Crippen LogP contribution in [0.3, 0.4) is 0 Å². The molecule has 0 radical (unpaired) electrons. The first kappa shape index (κ1) is 15.1. The number of hydrogen-bond donors (Lipinski definition) is 3. The third kappa shape index (κ3) is 3.54. The van der Waals surface area contributed by atoms with Crippen molar-refractivity contribution in [2.24, 2.45) is 5.73 Å². The van der Waals surface area contributed by atoms with Crippen LogP contribution in [-0.2, 0) is 24.3 Å². The van der Waals surface area contributed by atoms with Gasteiger partial charge in [-0.1, -0.05) is 6.92 Å². The first-order valence-electron chi connectivity index (χ1n) is 5.93. The topological polar surface area (TPSA) is 93.2 Å². The molecule has 0 aliphatic carbocycles. The summed E-state index contributed by atoms with van der Waals surface area (Å²) >= 11 is 3.52. The lowest BCUT2D eigenvalue weighted by molar-refractivity contribution is -0.125. The van der Waals surface area contributed by atoms with Crippen molar-refractivity contribution in [3.8, 4) is 0 Å². The molecule has 6 nitrogen and oxygen atoms in total. The van der Waals surface area contributed by atoms with Crippen molar-refractivity contribution < 1.29 is 9.90 Å². The second-order valence-corrected chi connectivity index (χ2v) is 4.72. The van der Waals surface area contributed by atoms with Gasteiger partial charge in [-0.25, -0.2) is 0 Å². The molecule has 0 saturated carbocycles. The van der Waals surface area contributed by atoms with E-state index in [0.717, 1.165) is 28.8 Å². The van der Waals surface area contributed by atoms with Crippen molar-refractivity contribution in [2.45, 2.75) is 39.5 Å². The fraction of sp³-hybridized carbons (Fsp3) is 0.636. The average Bonchev–Trinajstić information content (AvgIpc) is 2.65. The highest BCUT2D eigenvalue weighted by atomic mass is 79.9. The molecule has 1 unspecified atom stereocenters. The fourth-order valence-corrected chi connectivity index (χ4v) is 2.32. The third-order valence-corrected chi connectivity index (χ3v) is 3.57.